The Balaban J connectivity index is 2.45. The summed E-state index contributed by atoms with van der Waals surface area (Å²) in [5, 5.41) is 4.56. The maximum Gasteiger partial charge on any atom is 0.401 e. The summed E-state index contributed by atoms with van der Waals surface area (Å²) in [6.07, 6.45) is -4.31. The van der Waals surface area contributed by atoms with Gasteiger partial charge in [-0.15, -0.1) is 0 Å². The molecule has 100 valence electrons. The lowest BCUT2D eigenvalue weighted by molar-refractivity contribution is -0.126. The van der Waals surface area contributed by atoms with Gasteiger partial charge in [-0.2, -0.15) is 13.2 Å². The Labute approximate surface area is 111 Å². The van der Waals surface area contributed by atoms with Crippen molar-refractivity contribution in [3.63, 3.8) is 0 Å². The Bertz CT molecular complexity index is 435. The topological polar surface area (TPSA) is 41.1 Å². The van der Waals surface area contributed by atoms with Crippen molar-refractivity contribution < 1.29 is 18.0 Å². The molecule has 0 aliphatic carbocycles. The maximum absolute atomic E-state index is 11.8. The van der Waals surface area contributed by atoms with E-state index in [2.05, 4.69) is 21.2 Å². The molecule has 1 aromatic carbocycles. The average molecular weight is 325 g/mol. The molecule has 0 radical (unpaired) electrons. The Morgan fingerprint density at radius 2 is 2.06 bits per heavy atom. The molecule has 1 amide bonds. The second kappa shape index (κ2) is 6.19. The molecule has 0 aliphatic rings. The fraction of sp³-hybridized carbons (Fsp3) is 0.364. The molecule has 0 aliphatic heterocycles. The molecule has 1 aromatic rings. The second-order valence-electron chi connectivity index (χ2n) is 3.73. The monoisotopic (exact) mass is 324 g/mol. The van der Waals surface area contributed by atoms with Crippen LogP contribution in [0.4, 0.5) is 18.9 Å². The summed E-state index contributed by atoms with van der Waals surface area (Å²) in [6, 6.07) is 5.23. The Kier molecular flexibility index (Phi) is 5.15. The molecule has 7 heteroatoms. The molecule has 0 unspecified atom stereocenters. The van der Waals surface area contributed by atoms with E-state index < -0.39 is 18.6 Å². The van der Waals surface area contributed by atoms with Gasteiger partial charge in [-0.3, -0.25) is 4.79 Å². The number of anilines is 1. The van der Waals surface area contributed by atoms with E-state index in [1.807, 2.05) is 5.32 Å². The number of carbonyl (C=O) groups excluding carboxylic acids is 1. The van der Waals surface area contributed by atoms with Gasteiger partial charge >= 0.3 is 6.18 Å². The van der Waals surface area contributed by atoms with Crippen molar-refractivity contribution in [1.82, 2.24) is 5.32 Å². The van der Waals surface area contributed by atoms with Crippen molar-refractivity contribution in [2.24, 2.45) is 0 Å². The van der Waals surface area contributed by atoms with Gasteiger partial charge in [0.05, 0.1) is 13.1 Å². The van der Waals surface area contributed by atoms with E-state index in [-0.39, 0.29) is 6.54 Å². The summed E-state index contributed by atoms with van der Waals surface area (Å²) >= 11 is 3.28. The standard InChI is InChI=1S/C11H12BrF3N2O/c1-7-4-8(12)2-3-9(7)17-10(18)5-16-6-11(13,14)15/h2-4,16H,5-6H2,1H3,(H,17,18). The van der Waals surface area contributed by atoms with Crippen LogP contribution in [0, 0.1) is 6.92 Å². The van der Waals surface area contributed by atoms with E-state index >= 15 is 0 Å². The van der Waals surface area contributed by atoms with E-state index in [9.17, 15) is 18.0 Å². The van der Waals surface area contributed by atoms with Crippen LogP contribution >= 0.6 is 15.9 Å². The average Bonchev–Trinajstić information content (AvgIpc) is 2.20. The van der Waals surface area contributed by atoms with E-state index in [4.69, 9.17) is 0 Å². The molecular formula is C11H12BrF3N2O. The van der Waals surface area contributed by atoms with Crippen LogP contribution in [0.1, 0.15) is 5.56 Å². The molecule has 0 saturated carbocycles. The third-order valence-electron chi connectivity index (χ3n) is 2.07. The lowest BCUT2D eigenvalue weighted by Crippen LogP contribution is -2.35. The van der Waals surface area contributed by atoms with Crippen LogP contribution in [0.15, 0.2) is 22.7 Å². The summed E-state index contributed by atoms with van der Waals surface area (Å²) in [6.45, 7) is 0.234. The zero-order chi connectivity index (χ0) is 13.8. The van der Waals surface area contributed by atoms with Crippen molar-refractivity contribution in [2.75, 3.05) is 18.4 Å². The van der Waals surface area contributed by atoms with Crippen molar-refractivity contribution >= 4 is 27.5 Å². The highest BCUT2D eigenvalue weighted by atomic mass is 79.9. The molecule has 2 N–H and O–H groups in total. The summed E-state index contributed by atoms with van der Waals surface area (Å²) in [7, 11) is 0. The Morgan fingerprint density at radius 3 is 2.61 bits per heavy atom. The lowest BCUT2D eigenvalue weighted by Gasteiger charge is -2.10. The Morgan fingerprint density at radius 1 is 1.39 bits per heavy atom. The fourth-order valence-electron chi connectivity index (χ4n) is 1.28. The summed E-state index contributed by atoms with van der Waals surface area (Å²) in [4.78, 5) is 11.4. The third-order valence-corrected chi connectivity index (χ3v) is 2.57. The molecule has 0 fully saturated rings. The molecule has 0 aromatic heterocycles. The predicted octanol–water partition coefficient (Wildman–Crippen LogP) is 2.85. The number of hydrogen-bond donors (Lipinski definition) is 2. The quantitative estimate of drug-likeness (QED) is 0.894. The normalized spacial score (nSPS) is 11.4. The minimum Gasteiger partial charge on any atom is -0.325 e. The van der Waals surface area contributed by atoms with Crippen LogP contribution < -0.4 is 10.6 Å². The van der Waals surface area contributed by atoms with Gasteiger partial charge in [-0.25, -0.2) is 0 Å². The van der Waals surface area contributed by atoms with Gasteiger partial charge in [-0.1, -0.05) is 15.9 Å². The number of amides is 1. The van der Waals surface area contributed by atoms with Crippen molar-refractivity contribution in [3.05, 3.63) is 28.2 Å². The number of alkyl halides is 3. The summed E-state index contributed by atoms with van der Waals surface area (Å²) < 4.78 is 36.4. The second-order valence-corrected chi connectivity index (χ2v) is 4.64. The van der Waals surface area contributed by atoms with E-state index in [1.54, 1.807) is 25.1 Å². The number of rotatable bonds is 4. The number of hydrogen-bond acceptors (Lipinski definition) is 2. The number of nitrogens with one attached hydrogen (secondary N) is 2. The van der Waals surface area contributed by atoms with Gasteiger partial charge in [0, 0.05) is 10.2 Å². The molecule has 0 atom stereocenters. The first-order valence-electron chi connectivity index (χ1n) is 5.11. The SMILES string of the molecule is Cc1cc(Br)ccc1NC(=O)CNCC(F)(F)F. The highest BCUT2D eigenvalue weighted by Crippen LogP contribution is 2.19. The Hall–Kier alpha value is -1.08. The summed E-state index contributed by atoms with van der Waals surface area (Å²) in [5.74, 6) is -0.510. The molecule has 1 rings (SSSR count). The van der Waals surface area contributed by atoms with Crippen LogP contribution in [-0.2, 0) is 4.79 Å². The zero-order valence-corrected chi connectivity index (χ0v) is 11.2. The van der Waals surface area contributed by atoms with Crippen molar-refractivity contribution in [3.8, 4) is 0 Å². The minimum absolute atomic E-state index is 0.380. The lowest BCUT2D eigenvalue weighted by atomic mass is 10.2. The van der Waals surface area contributed by atoms with E-state index in [0.717, 1.165) is 10.0 Å². The zero-order valence-electron chi connectivity index (χ0n) is 9.57. The first kappa shape index (κ1) is 15.0. The van der Waals surface area contributed by atoms with Crippen LogP contribution in [0.3, 0.4) is 0 Å². The molecular weight excluding hydrogens is 313 g/mol. The van der Waals surface area contributed by atoms with Crippen LogP contribution in [0.25, 0.3) is 0 Å². The van der Waals surface area contributed by atoms with Gasteiger partial charge in [0.15, 0.2) is 0 Å². The van der Waals surface area contributed by atoms with Crippen LogP contribution in [0.2, 0.25) is 0 Å². The van der Waals surface area contributed by atoms with Crippen LogP contribution in [0.5, 0.6) is 0 Å². The highest BCUT2D eigenvalue weighted by Gasteiger charge is 2.26. The van der Waals surface area contributed by atoms with Gasteiger partial charge in [-0.05, 0) is 30.7 Å². The highest BCUT2D eigenvalue weighted by molar-refractivity contribution is 9.10. The molecule has 0 bridgehead atoms. The molecule has 0 spiro atoms. The van der Waals surface area contributed by atoms with Gasteiger partial charge in [0.2, 0.25) is 5.91 Å². The number of halogens is 4. The maximum atomic E-state index is 11.8. The van der Waals surface area contributed by atoms with Crippen LogP contribution in [-0.4, -0.2) is 25.2 Å². The third kappa shape index (κ3) is 5.50. The van der Waals surface area contributed by atoms with E-state index in [0.29, 0.717) is 5.69 Å². The number of carbonyl (C=O) groups is 1. The first-order valence-corrected chi connectivity index (χ1v) is 5.91. The predicted molar refractivity (Wildman–Crippen MR) is 66.4 cm³/mol. The molecule has 0 heterocycles. The smallest absolute Gasteiger partial charge is 0.325 e. The largest absolute Gasteiger partial charge is 0.401 e. The summed E-state index contributed by atoms with van der Waals surface area (Å²) in [5.41, 5.74) is 1.41. The van der Waals surface area contributed by atoms with Gasteiger partial charge in [0.1, 0.15) is 0 Å². The van der Waals surface area contributed by atoms with Gasteiger partial charge < -0.3 is 10.6 Å². The van der Waals surface area contributed by atoms with Crippen molar-refractivity contribution in [2.45, 2.75) is 13.1 Å². The first-order chi connectivity index (χ1) is 8.28. The van der Waals surface area contributed by atoms with Gasteiger partial charge in [0.25, 0.3) is 0 Å². The van der Waals surface area contributed by atoms with E-state index in [1.165, 1.54) is 0 Å². The van der Waals surface area contributed by atoms with Crippen molar-refractivity contribution in [1.29, 1.82) is 0 Å². The minimum atomic E-state index is -4.31. The molecule has 0 saturated heterocycles. The number of aryl methyl sites for hydroxylation is 1. The fourth-order valence-corrected chi connectivity index (χ4v) is 1.76. The molecule has 3 nitrogen and oxygen atoms in total. The molecule has 18 heavy (non-hydrogen) atoms. The number of benzene rings is 1.